The van der Waals surface area contributed by atoms with Crippen molar-refractivity contribution < 1.29 is 18.0 Å². The summed E-state index contributed by atoms with van der Waals surface area (Å²) in [5.41, 5.74) is 3.13. The first-order valence-corrected chi connectivity index (χ1v) is 16.4. The first-order valence-electron chi connectivity index (χ1n) is 14.6. The van der Waals surface area contributed by atoms with Crippen molar-refractivity contribution >= 4 is 39.1 Å². The SMILES string of the molecule is CCC(C(=O)NC1CCCCC1)N(Cc1cccc(C)c1)C(=O)CN(c1ccc(Cl)cc1)S(=O)(=O)c1ccc(C)cc1. The number of nitrogens with one attached hydrogen (secondary N) is 1. The average molecular weight is 610 g/mol. The van der Waals surface area contributed by atoms with Gasteiger partial charge in [0.15, 0.2) is 0 Å². The van der Waals surface area contributed by atoms with Crippen LogP contribution in [-0.4, -0.2) is 43.8 Å². The van der Waals surface area contributed by atoms with Crippen LogP contribution in [0.5, 0.6) is 0 Å². The number of amides is 2. The van der Waals surface area contributed by atoms with Gasteiger partial charge in [-0.3, -0.25) is 13.9 Å². The zero-order chi connectivity index (χ0) is 30.3. The van der Waals surface area contributed by atoms with Gasteiger partial charge < -0.3 is 10.2 Å². The van der Waals surface area contributed by atoms with Gasteiger partial charge in [-0.2, -0.15) is 0 Å². The standard InChI is InChI=1S/C33H40ClN3O4S/c1-4-31(33(39)35-28-11-6-5-7-12-28)36(22-26-10-8-9-25(3)21-26)32(38)23-37(29-17-15-27(34)16-18-29)42(40,41)30-19-13-24(2)14-20-30/h8-10,13-21,28,31H,4-7,11-12,22-23H2,1-3H3,(H,35,39). The van der Waals surface area contributed by atoms with Gasteiger partial charge in [-0.1, -0.05) is 85.3 Å². The summed E-state index contributed by atoms with van der Waals surface area (Å²) in [6, 6.07) is 20.0. The Morgan fingerprint density at radius 1 is 0.929 bits per heavy atom. The molecule has 1 aliphatic rings. The minimum atomic E-state index is -4.13. The van der Waals surface area contributed by atoms with Gasteiger partial charge in [0.2, 0.25) is 11.8 Å². The molecule has 1 atom stereocenters. The van der Waals surface area contributed by atoms with Crippen molar-refractivity contribution in [3.05, 3.63) is 94.5 Å². The lowest BCUT2D eigenvalue weighted by Gasteiger charge is -2.34. The van der Waals surface area contributed by atoms with Gasteiger partial charge in [-0.25, -0.2) is 8.42 Å². The predicted octanol–water partition coefficient (Wildman–Crippen LogP) is 6.41. The van der Waals surface area contributed by atoms with Crippen LogP contribution in [0.15, 0.2) is 77.7 Å². The van der Waals surface area contributed by atoms with Gasteiger partial charge in [-0.05, 0) is 75.1 Å². The lowest BCUT2D eigenvalue weighted by atomic mass is 9.95. The maximum Gasteiger partial charge on any atom is 0.264 e. The van der Waals surface area contributed by atoms with Crippen LogP contribution in [0.1, 0.15) is 62.1 Å². The minimum Gasteiger partial charge on any atom is -0.352 e. The number of anilines is 1. The second kappa shape index (κ2) is 14.2. The van der Waals surface area contributed by atoms with E-state index in [4.69, 9.17) is 11.6 Å². The Bertz CT molecular complexity index is 1470. The highest BCUT2D eigenvalue weighted by Gasteiger charge is 2.34. The van der Waals surface area contributed by atoms with Crippen molar-refractivity contribution in [2.75, 3.05) is 10.8 Å². The third-order valence-corrected chi connectivity index (χ3v) is 9.82. The molecule has 1 N–H and O–H groups in total. The number of rotatable bonds is 11. The fourth-order valence-electron chi connectivity index (χ4n) is 5.44. The molecule has 0 aliphatic heterocycles. The number of carbonyl (C=O) groups is 2. The Kier molecular flexibility index (Phi) is 10.7. The quantitative estimate of drug-likeness (QED) is 0.272. The monoisotopic (exact) mass is 609 g/mol. The number of benzene rings is 3. The Balaban J connectivity index is 1.70. The van der Waals surface area contributed by atoms with Gasteiger partial charge in [-0.15, -0.1) is 0 Å². The van der Waals surface area contributed by atoms with Crippen molar-refractivity contribution in [1.82, 2.24) is 10.2 Å². The van der Waals surface area contributed by atoms with Gasteiger partial charge in [0.1, 0.15) is 12.6 Å². The summed E-state index contributed by atoms with van der Waals surface area (Å²) in [4.78, 5) is 29.5. The van der Waals surface area contributed by atoms with E-state index in [1.807, 2.05) is 45.0 Å². The molecule has 3 aromatic carbocycles. The summed E-state index contributed by atoms with van der Waals surface area (Å²) in [7, 11) is -4.13. The van der Waals surface area contributed by atoms with E-state index in [0.29, 0.717) is 17.1 Å². The molecule has 7 nitrogen and oxygen atoms in total. The van der Waals surface area contributed by atoms with E-state index in [1.54, 1.807) is 36.4 Å². The molecule has 0 aromatic heterocycles. The van der Waals surface area contributed by atoms with Crippen LogP contribution in [-0.2, 0) is 26.2 Å². The fourth-order valence-corrected chi connectivity index (χ4v) is 6.98. The van der Waals surface area contributed by atoms with E-state index in [9.17, 15) is 18.0 Å². The molecule has 3 aromatic rings. The number of halogens is 1. The van der Waals surface area contributed by atoms with Gasteiger partial charge in [0.05, 0.1) is 10.6 Å². The van der Waals surface area contributed by atoms with Crippen LogP contribution in [0.4, 0.5) is 5.69 Å². The summed E-state index contributed by atoms with van der Waals surface area (Å²) in [5, 5.41) is 3.62. The smallest absolute Gasteiger partial charge is 0.264 e. The normalized spacial score (nSPS) is 14.7. The Morgan fingerprint density at radius 3 is 2.21 bits per heavy atom. The van der Waals surface area contributed by atoms with E-state index in [2.05, 4.69) is 5.32 Å². The minimum absolute atomic E-state index is 0.0724. The summed E-state index contributed by atoms with van der Waals surface area (Å²) in [6.45, 7) is 5.43. The Hall–Kier alpha value is -3.36. The van der Waals surface area contributed by atoms with Crippen molar-refractivity contribution in [3.63, 3.8) is 0 Å². The molecular weight excluding hydrogens is 570 g/mol. The molecule has 0 heterocycles. The molecule has 1 unspecified atom stereocenters. The number of nitrogens with zero attached hydrogens (tertiary/aromatic N) is 2. The predicted molar refractivity (Wildman–Crippen MR) is 168 cm³/mol. The van der Waals surface area contributed by atoms with Gasteiger partial charge in [0.25, 0.3) is 10.0 Å². The molecule has 1 aliphatic carbocycles. The number of hydrogen-bond acceptors (Lipinski definition) is 4. The lowest BCUT2D eigenvalue weighted by Crippen LogP contribution is -2.54. The van der Waals surface area contributed by atoms with E-state index in [0.717, 1.165) is 53.1 Å². The lowest BCUT2D eigenvalue weighted by molar-refractivity contribution is -0.140. The molecule has 1 fully saturated rings. The molecule has 42 heavy (non-hydrogen) atoms. The Labute approximate surface area is 254 Å². The second-order valence-corrected chi connectivity index (χ2v) is 13.4. The number of carbonyl (C=O) groups excluding carboxylic acids is 2. The summed E-state index contributed by atoms with van der Waals surface area (Å²) in [6.07, 6.45) is 5.54. The highest BCUT2D eigenvalue weighted by Crippen LogP contribution is 2.27. The third-order valence-electron chi connectivity index (χ3n) is 7.78. The maximum absolute atomic E-state index is 14.2. The second-order valence-electron chi connectivity index (χ2n) is 11.1. The highest BCUT2D eigenvalue weighted by atomic mass is 35.5. The van der Waals surface area contributed by atoms with Gasteiger partial charge >= 0.3 is 0 Å². The van der Waals surface area contributed by atoms with E-state index in [1.165, 1.54) is 17.0 Å². The first kappa shape index (κ1) is 31.6. The topological polar surface area (TPSA) is 86.8 Å². The number of aryl methyl sites for hydroxylation is 2. The van der Waals surface area contributed by atoms with Crippen molar-refractivity contribution in [2.24, 2.45) is 0 Å². The van der Waals surface area contributed by atoms with Gasteiger partial charge in [0, 0.05) is 17.6 Å². The largest absolute Gasteiger partial charge is 0.352 e. The third kappa shape index (κ3) is 7.92. The first-order chi connectivity index (χ1) is 20.1. The molecule has 1 saturated carbocycles. The Morgan fingerprint density at radius 2 is 1.60 bits per heavy atom. The molecule has 0 bridgehead atoms. The molecule has 0 spiro atoms. The van der Waals surface area contributed by atoms with E-state index < -0.39 is 28.5 Å². The van der Waals surface area contributed by atoms with Crippen LogP contribution in [0, 0.1) is 13.8 Å². The van der Waals surface area contributed by atoms with Crippen LogP contribution < -0.4 is 9.62 Å². The van der Waals surface area contributed by atoms with Crippen molar-refractivity contribution in [2.45, 2.75) is 82.8 Å². The zero-order valence-electron chi connectivity index (χ0n) is 24.6. The summed E-state index contributed by atoms with van der Waals surface area (Å²) in [5.74, 6) is -0.669. The highest BCUT2D eigenvalue weighted by molar-refractivity contribution is 7.92. The fraction of sp³-hybridized carbons (Fsp3) is 0.394. The summed E-state index contributed by atoms with van der Waals surface area (Å²) >= 11 is 6.11. The zero-order valence-corrected chi connectivity index (χ0v) is 26.1. The molecule has 2 amide bonds. The van der Waals surface area contributed by atoms with Crippen molar-refractivity contribution in [1.29, 1.82) is 0 Å². The molecule has 224 valence electrons. The molecule has 0 saturated heterocycles. The molecule has 0 radical (unpaired) electrons. The molecular formula is C33H40ClN3O4S. The average Bonchev–Trinajstić information content (AvgIpc) is 2.97. The number of sulfonamides is 1. The molecule has 4 rings (SSSR count). The van der Waals surface area contributed by atoms with Crippen LogP contribution in [0.3, 0.4) is 0 Å². The van der Waals surface area contributed by atoms with Crippen LogP contribution >= 0.6 is 11.6 Å². The van der Waals surface area contributed by atoms with Crippen LogP contribution in [0.25, 0.3) is 0 Å². The van der Waals surface area contributed by atoms with E-state index >= 15 is 0 Å². The maximum atomic E-state index is 14.2. The number of hydrogen-bond donors (Lipinski definition) is 1. The van der Waals surface area contributed by atoms with Crippen LogP contribution in [0.2, 0.25) is 5.02 Å². The van der Waals surface area contributed by atoms with E-state index in [-0.39, 0.29) is 23.4 Å². The summed E-state index contributed by atoms with van der Waals surface area (Å²) < 4.78 is 29.0. The van der Waals surface area contributed by atoms with Crippen molar-refractivity contribution in [3.8, 4) is 0 Å². The molecule has 9 heteroatoms.